The first-order chi connectivity index (χ1) is 28.8. The lowest BCUT2D eigenvalue weighted by Crippen LogP contribution is -2.20. The Balaban J connectivity index is 1.20. The predicted molar refractivity (Wildman–Crippen MR) is 259 cm³/mol. The van der Waals surface area contributed by atoms with Gasteiger partial charge in [0.2, 0.25) is 0 Å². The molecule has 4 nitrogen and oxygen atoms in total. The number of rotatable bonds is 28. The smallest absolute Gasteiger partial charge is 0.309 e. The van der Waals surface area contributed by atoms with E-state index in [4.69, 9.17) is 9.47 Å². The normalized spacial score (nSPS) is 13.7. The summed E-state index contributed by atoms with van der Waals surface area (Å²) < 4.78 is 12.5. The molecule has 59 heavy (non-hydrogen) atoms. The molecule has 0 saturated heterocycles. The van der Waals surface area contributed by atoms with Crippen LogP contribution in [0.4, 0.5) is 0 Å². The van der Waals surface area contributed by atoms with E-state index in [9.17, 15) is 9.59 Å². The van der Waals surface area contributed by atoms with E-state index >= 15 is 0 Å². The average Bonchev–Trinajstić information content (AvgIpc) is 4.10. The van der Waals surface area contributed by atoms with Crippen molar-refractivity contribution < 1.29 is 19.1 Å². The number of esters is 2. The van der Waals surface area contributed by atoms with Crippen molar-refractivity contribution in [1.29, 1.82) is 0 Å². The standard InChI is InChI=1S/C50H68O4S5/c1-7-13-17-19-23-35(21-15-9-3)49(51)53-37(11-5)39-25-27-41(55-39)43-29-31-45(57-43)47-33-34-48(59-47)46-32-30-44(58-46)42-28-26-40(56-42)38(12-6)54-50(52)36(22-16-10-4)24-20-18-14-8-2/h25-38H,7-24H2,1-6H3. The molecule has 5 heterocycles. The van der Waals surface area contributed by atoms with Gasteiger partial charge < -0.3 is 9.47 Å². The SMILES string of the molecule is CCCCCCC(CCCC)C(=O)OC(CC)c1ccc(-c2ccc(-c3ccc(-c4ccc(-c5ccc(C(CC)OC(=O)C(CCCC)CCCCCC)s5)s4)s3)s2)s1. The molecular weight excluding hydrogens is 825 g/mol. The van der Waals surface area contributed by atoms with Crippen molar-refractivity contribution in [2.75, 3.05) is 0 Å². The Hall–Kier alpha value is -2.56. The van der Waals surface area contributed by atoms with Crippen LogP contribution >= 0.6 is 56.7 Å². The Kier molecular flexibility index (Phi) is 20.4. The molecule has 0 aliphatic rings. The van der Waals surface area contributed by atoms with Gasteiger partial charge >= 0.3 is 11.9 Å². The van der Waals surface area contributed by atoms with Crippen molar-refractivity contribution in [2.24, 2.45) is 11.8 Å². The van der Waals surface area contributed by atoms with Crippen molar-refractivity contribution in [3.63, 3.8) is 0 Å². The van der Waals surface area contributed by atoms with Crippen LogP contribution in [0, 0.1) is 11.8 Å². The number of carbonyl (C=O) groups excluding carboxylic acids is 2. The lowest BCUT2D eigenvalue weighted by atomic mass is 9.95. The summed E-state index contributed by atoms with van der Waals surface area (Å²) in [6, 6.07) is 22.2. The Bertz CT molecular complexity index is 1820. The van der Waals surface area contributed by atoms with Crippen LogP contribution in [0.2, 0.25) is 0 Å². The minimum atomic E-state index is -0.194. The molecule has 0 aliphatic carbocycles. The van der Waals surface area contributed by atoms with E-state index in [0.717, 1.165) is 86.8 Å². The highest BCUT2D eigenvalue weighted by molar-refractivity contribution is 7.29. The van der Waals surface area contributed by atoms with Crippen molar-refractivity contribution in [3.05, 3.63) is 70.4 Å². The summed E-state index contributed by atoms with van der Waals surface area (Å²) in [5, 5.41) is 0. The molecule has 5 aromatic heterocycles. The highest BCUT2D eigenvalue weighted by Crippen LogP contribution is 2.46. The van der Waals surface area contributed by atoms with Crippen LogP contribution in [0.1, 0.15) is 179 Å². The van der Waals surface area contributed by atoms with Crippen LogP contribution < -0.4 is 0 Å². The first kappa shape index (κ1) is 47.5. The van der Waals surface area contributed by atoms with Crippen molar-refractivity contribution in [3.8, 4) is 39.0 Å². The zero-order chi connectivity index (χ0) is 42.0. The van der Waals surface area contributed by atoms with Gasteiger partial charge in [0, 0.05) is 48.8 Å². The zero-order valence-electron chi connectivity index (χ0n) is 36.5. The van der Waals surface area contributed by atoms with E-state index in [-0.39, 0.29) is 36.0 Å². The second-order valence-corrected chi connectivity index (χ2v) is 21.4. The first-order valence-electron chi connectivity index (χ1n) is 22.7. The van der Waals surface area contributed by atoms with Crippen molar-refractivity contribution >= 4 is 68.6 Å². The molecule has 0 saturated carbocycles. The number of unbranched alkanes of at least 4 members (excludes halogenated alkanes) is 8. The van der Waals surface area contributed by atoms with Crippen LogP contribution in [0.15, 0.2) is 60.7 Å². The molecule has 0 spiro atoms. The quantitative estimate of drug-likeness (QED) is 0.0371. The Morgan fingerprint density at radius 1 is 0.390 bits per heavy atom. The molecule has 322 valence electrons. The van der Waals surface area contributed by atoms with E-state index in [1.807, 2.05) is 34.0 Å². The first-order valence-corrected chi connectivity index (χ1v) is 26.8. The van der Waals surface area contributed by atoms with Crippen molar-refractivity contribution in [1.82, 2.24) is 0 Å². The molecule has 5 aromatic rings. The highest BCUT2D eigenvalue weighted by atomic mass is 32.1. The van der Waals surface area contributed by atoms with E-state index in [0.29, 0.717) is 0 Å². The summed E-state index contributed by atoms with van der Waals surface area (Å²) in [7, 11) is 0. The number of hydrogen-bond donors (Lipinski definition) is 0. The van der Waals surface area contributed by atoms with Crippen molar-refractivity contribution in [2.45, 2.75) is 169 Å². The van der Waals surface area contributed by atoms with Gasteiger partial charge in [0.25, 0.3) is 0 Å². The largest absolute Gasteiger partial charge is 0.456 e. The molecule has 4 unspecified atom stereocenters. The number of carbonyl (C=O) groups is 2. The lowest BCUT2D eigenvalue weighted by Gasteiger charge is -2.20. The Morgan fingerprint density at radius 2 is 0.678 bits per heavy atom. The molecule has 0 amide bonds. The van der Waals surface area contributed by atoms with Gasteiger partial charge in [0.05, 0.1) is 11.8 Å². The third-order valence-corrected chi connectivity index (χ3v) is 17.6. The number of ether oxygens (including phenoxy) is 2. The van der Waals surface area contributed by atoms with Gasteiger partial charge in [-0.3, -0.25) is 9.59 Å². The molecule has 0 bridgehead atoms. The maximum absolute atomic E-state index is 13.4. The highest BCUT2D eigenvalue weighted by Gasteiger charge is 2.26. The minimum Gasteiger partial charge on any atom is -0.456 e. The van der Waals surface area contributed by atoms with Gasteiger partial charge in [0.15, 0.2) is 0 Å². The minimum absolute atomic E-state index is 0.00900. The molecule has 0 N–H and O–H groups in total. The van der Waals surface area contributed by atoms with Gasteiger partial charge in [-0.25, -0.2) is 0 Å². The molecule has 0 radical (unpaired) electrons. The summed E-state index contributed by atoms with van der Waals surface area (Å²) >= 11 is 9.01. The third kappa shape index (κ3) is 14.0. The Morgan fingerprint density at radius 3 is 0.983 bits per heavy atom. The van der Waals surface area contributed by atoms with E-state index in [2.05, 4.69) is 102 Å². The van der Waals surface area contributed by atoms with E-state index in [1.165, 1.54) is 77.5 Å². The van der Waals surface area contributed by atoms with E-state index < -0.39 is 0 Å². The van der Waals surface area contributed by atoms with Crippen LogP contribution in [0.3, 0.4) is 0 Å². The van der Waals surface area contributed by atoms with Crippen LogP contribution in [-0.4, -0.2) is 11.9 Å². The van der Waals surface area contributed by atoms with E-state index in [1.54, 1.807) is 22.7 Å². The van der Waals surface area contributed by atoms with Gasteiger partial charge in [-0.2, -0.15) is 0 Å². The lowest BCUT2D eigenvalue weighted by molar-refractivity contribution is -0.156. The second-order valence-electron chi connectivity index (χ2n) is 15.9. The topological polar surface area (TPSA) is 52.6 Å². The molecular formula is C50H68O4S5. The van der Waals surface area contributed by atoms with Gasteiger partial charge in [-0.05, 0) is 99.2 Å². The molecule has 5 rings (SSSR count). The molecule has 9 heteroatoms. The third-order valence-electron chi connectivity index (χ3n) is 11.2. The fourth-order valence-electron chi connectivity index (χ4n) is 7.58. The van der Waals surface area contributed by atoms with Gasteiger partial charge in [-0.1, -0.05) is 119 Å². The molecule has 0 aliphatic heterocycles. The number of hydrogen-bond acceptors (Lipinski definition) is 9. The molecule has 0 aromatic carbocycles. The average molecular weight is 893 g/mol. The van der Waals surface area contributed by atoms with Gasteiger partial charge in [-0.15, -0.1) is 56.7 Å². The summed E-state index contributed by atoms with van der Waals surface area (Å²) in [4.78, 5) is 39.1. The van der Waals surface area contributed by atoms with Gasteiger partial charge in [0.1, 0.15) is 12.2 Å². The van der Waals surface area contributed by atoms with Crippen LogP contribution in [0.25, 0.3) is 39.0 Å². The summed E-state index contributed by atoms with van der Waals surface area (Å²) in [5.74, 6) is -0.00247. The summed E-state index contributed by atoms with van der Waals surface area (Å²) in [6.07, 6.45) is 18.7. The Labute approximate surface area is 375 Å². The number of thiophene rings is 5. The van der Waals surface area contributed by atoms with Crippen LogP contribution in [0.5, 0.6) is 0 Å². The fraction of sp³-hybridized carbons (Fsp3) is 0.560. The van der Waals surface area contributed by atoms with Crippen LogP contribution in [-0.2, 0) is 19.1 Å². The monoisotopic (exact) mass is 892 g/mol. The maximum Gasteiger partial charge on any atom is 0.309 e. The molecule has 0 fully saturated rings. The second kappa shape index (κ2) is 25.4. The summed E-state index contributed by atoms with van der Waals surface area (Å²) in [6.45, 7) is 13.1. The zero-order valence-corrected chi connectivity index (χ0v) is 40.6. The fourth-order valence-corrected chi connectivity index (χ4v) is 13.2. The molecule has 4 atom stereocenters. The maximum atomic E-state index is 13.4. The summed E-state index contributed by atoms with van der Waals surface area (Å²) in [5.41, 5.74) is 0. The predicted octanol–water partition coefficient (Wildman–Crippen LogP) is 18.2.